The van der Waals surface area contributed by atoms with Gasteiger partial charge in [0, 0.05) is 0 Å². The van der Waals surface area contributed by atoms with E-state index in [2.05, 4.69) is 23.5 Å². The molecule has 0 atom stereocenters. The van der Waals surface area contributed by atoms with E-state index in [9.17, 15) is 0 Å². The second-order valence-electron chi connectivity index (χ2n) is 1.47. The van der Waals surface area contributed by atoms with Gasteiger partial charge in [-0.3, -0.25) is 0 Å². The van der Waals surface area contributed by atoms with Crippen LogP contribution in [0.1, 0.15) is 6.42 Å². The number of hydrogen-bond acceptors (Lipinski definition) is 0. The van der Waals surface area contributed by atoms with Gasteiger partial charge < -0.3 is 0 Å². The van der Waals surface area contributed by atoms with Crippen LogP contribution in [-0.4, -0.2) is 0 Å². The molecule has 1 heteroatoms. The molecule has 7 heavy (non-hydrogen) atoms. The van der Waals surface area contributed by atoms with Gasteiger partial charge in [0.25, 0.3) is 0 Å². The van der Waals surface area contributed by atoms with Gasteiger partial charge >= 0.3 is 52.5 Å². The van der Waals surface area contributed by atoms with Gasteiger partial charge in [-0.25, -0.2) is 0 Å². The molecule has 0 radical (unpaired) electrons. The van der Waals surface area contributed by atoms with Crippen molar-refractivity contribution in [3.05, 3.63) is 22.2 Å². The fourth-order valence-electron chi connectivity index (χ4n) is 0.579. The van der Waals surface area contributed by atoms with E-state index in [-0.39, 0.29) is 18.6 Å². The van der Waals surface area contributed by atoms with Gasteiger partial charge in [-0.2, -0.15) is 0 Å². The first-order valence-electron chi connectivity index (χ1n) is 2.33. The average molecular weight is 176 g/mol. The Morgan fingerprint density at radius 3 is 2.86 bits per heavy atom. The molecule has 0 aliphatic heterocycles. The Balaban J connectivity index is 2.45. The van der Waals surface area contributed by atoms with Gasteiger partial charge in [0.15, 0.2) is 0 Å². The van der Waals surface area contributed by atoms with Crippen molar-refractivity contribution in [1.29, 1.82) is 0 Å². The van der Waals surface area contributed by atoms with Crippen LogP contribution in [0.4, 0.5) is 0 Å². The monoisotopic (exact) mass is 178 g/mol. The van der Waals surface area contributed by atoms with Crippen LogP contribution in [0, 0.1) is 0 Å². The molecule has 0 unspecified atom stereocenters. The molecule has 0 amide bonds. The van der Waals surface area contributed by atoms with Gasteiger partial charge in [-0.15, -0.1) is 0 Å². The Labute approximate surface area is 52.8 Å². The SMILES string of the molecule is [CH3][Mo][C]1=CC=CC1. The predicted octanol–water partition coefficient (Wildman–Crippen LogP) is 1.96. The molecule has 0 aromatic rings. The average Bonchev–Trinajstić information content (AvgIpc) is 2.14. The van der Waals surface area contributed by atoms with Gasteiger partial charge in [0.05, 0.1) is 0 Å². The van der Waals surface area contributed by atoms with Crippen molar-refractivity contribution in [1.82, 2.24) is 0 Å². The zero-order valence-electron chi connectivity index (χ0n) is 4.35. The first-order chi connectivity index (χ1) is 3.43. The van der Waals surface area contributed by atoms with Crippen LogP contribution in [0.2, 0.25) is 5.31 Å². The molecule has 0 spiro atoms. The van der Waals surface area contributed by atoms with Crippen LogP contribution in [0.3, 0.4) is 0 Å². The Hall–Kier alpha value is 0.168. The molecule has 0 aromatic carbocycles. The maximum absolute atomic E-state index is 2.32. The van der Waals surface area contributed by atoms with E-state index < -0.39 is 0 Å². The maximum atomic E-state index is 2.32. The number of rotatable bonds is 1. The van der Waals surface area contributed by atoms with Gasteiger partial charge in [-0.05, 0) is 0 Å². The first kappa shape index (κ1) is 5.31. The molecular weight excluding hydrogens is 168 g/mol. The minimum absolute atomic E-state index is 0.255. The summed E-state index contributed by atoms with van der Waals surface area (Å²) in [4.78, 5) is 0. The van der Waals surface area contributed by atoms with Crippen molar-refractivity contribution in [3.8, 4) is 0 Å². The summed E-state index contributed by atoms with van der Waals surface area (Å²) in [7, 11) is 0. The van der Waals surface area contributed by atoms with Crippen LogP contribution in [0.5, 0.6) is 0 Å². The normalized spacial score (nSPS) is 17.6. The molecule has 0 aromatic heterocycles. The van der Waals surface area contributed by atoms with E-state index in [4.69, 9.17) is 0 Å². The van der Waals surface area contributed by atoms with Crippen molar-refractivity contribution in [2.24, 2.45) is 0 Å². The summed E-state index contributed by atoms with van der Waals surface area (Å²) in [5.74, 6) is 0. The standard InChI is InChI=1S/C5H5.CH3.Mo/c1-2-4-5-3-1;;/h1-3H,4H2;1H3;. The minimum atomic E-state index is 0.255. The van der Waals surface area contributed by atoms with Crippen LogP contribution in [0.15, 0.2) is 22.2 Å². The van der Waals surface area contributed by atoms with E-state index in [1.165, 1.54) is 6.42 Å². The fourth-order valence-corrected chi connectivity index (χ4v) is 1.75. The van der Waals surface area contributed by atoms with E-state index in [0.29, 0.717) is 0 Å². The molecular formula is C6H8Mo. The third kappa shape index (κ3) is 1.27. The van der Waals surface area contributed by atoms with Gasteiger partial charge in [0.1, 0.15) is 0 Å². The summed E-state index contributed by atoms with van der Waals surface area (Å²) < 4.78 is 1.69. The van der Waals surface area contributed by atoms with E-state index in [1.54, 1.807) is 3.96 Å². The van der Waals surface area contributed by atoms with Crippen molar-refractivity contribution in [3.63, 3.8) is 0 Å². The summed E-state index contributed by atoms with van der Waals surface area (Å²) in [6.45, 7) is 0. The summed E-state index contributed by atoms with van der Waals surface area (Å²) in [6.07, 6.45) is 7.88. The topological polar surface area (TPSA) is 0 Å². The van der Waals surface area contributed by atoms with Crippen LogP contribution >= 0.6 is 0 Å². The van der Waals surface area contributed by atoms with Crippen molar-refractivity contribution in [2.45, 2.75) is 11.7 Å². The van der Waals surface area contributed by atoms with Crippen molar-refractivity contribution >= 4 is 0 Å². The van der Waals surface area contributed by atoms with Crippen LogP contribution in [0.25, 0.3) is 0 Å². The Kier molecular flexibility index (Phi) is 1.87. The molecule has 0 heterocycles. The third-order valence-electron chi connectivity index (χ3n) is 0.999. The number of allylic oxidation sites excluding steroid dienone is 4. The van der Waals surface area contributed by atoms with Crippen molar-refractivity contribution < 1.29 is 18.6 Å². The summed E-state index contributed by atoms with van der Waals surface area (Å²) in [5, 5.41) is 2.32. The van der Waals surface area contributed by atoms with Crippen molar-refractivity contribution in [2.75, 3.05) is 0 Å². The molecule has 38 valence electrons. The van der Waals surface area contributed by atoms with Crippen LogP contribution in [-0.2, 0) is 18.6 Å². The zero-order valence-corrected chi connectivity index (χ0v) is 6.35. The Bertz CT molecular complexity index is 111. The van der Waals surface area contributed by atoms with E-state index in [0.717, 1.165) is 0 Å². The predicted molar refractivity (Wildman–Crippen MR) is 27.7 cm³/mol. The van der Waals surface area contributed by atoms with Crippen LogP contribution < -0.4 is 0 Å². The Morgan fingerprint density at radius 1 is 1.71 bits per heavy atom. The first-order valence-corrected chi connectivity index (χ1v) is 5.34. The second-order valence-corrected chi connectivity index (χ2v) is 3.76. The second kappa shape index (κ2) is 2.47. The molecule has 0 nitrogen and oxygen atoms in total. The molecule has 0 N–H and O–H groups in total. The number of hydrogen-bond donors (Lipinski definition) is 0. The molecule has 1 rings (SSSR count). The van der Waals surface area contributed by atoms with E-state index >= 15 is 0 Å². The van der Waals surface area contributed by atoms with Gasteiger partial charge in [0.2, 0.25) is 0 Å². The molecule has 0 bridgehead atoms. The van der Waals surface area contributed by atoms with Gasteiger partial charge in [-0.1, -0.05) is 0 Å². The molecule has 0 saturated heterocycles. The van der Waals surface area contributed by atoms with E-state index in [1.807, 2.05) is 0 Å². The quantitative estimate of drug-likeness (QED) is 0.535. The Morgan fingerprint density at radius 2 is 2.57 bits per heavy atom. The third-order valence-corrected chi connectivity index (χ3v) is 3.03. The summed E-state index contributed by atoms with van der Waals surface area (Å²) in [5.41, 5.74) is 0. The molecule has 0 fully saturated rings. The molecule has 0 saturated carbocycles. The molecule has 1 aliphatic rings. The molecule has 1 aliphatic carbocycles. The zero-order chi connectivity index (χ0) is 5.11. The fraction of sp³-hybridized carbons (Fsp3) is 0.333. The summed E-state index contributed by atoms with van der Waals surface area (Å²) in [6, 6.07) is 0. The summed E-state index contributed by atoms with van der Waals surface area (Å²) >= 11 is 0.255.